The van der Waals surface area contributed by atoms with E-state index in [1.807, 2.05) is 0 Å². The van der Waals surface area contributed by atoms with Crippen LogP contribution in [-0.2, 0) is 14.3 Å². The highest BCUT2D eigenvalue weighted by Crippen LogP contribution is 2.25. The first-order valence-corrected chi connectivity index (χ1v) is 6.65. The molecule has 0 aliphatic rings. The van der Waals surface area contributed by atoms with Crippen LogP contribution in [0.4, 0.5) is 0 Å². The zero-order valence-corrected chi connectivity index (χ0v) is 13.0. The van der Waals surface area contributed by atoms with Gasteiger partial charge in [0.2, 0.25) is 5.91 Å². The van der Waals surface area contributed by atoms with E-state index in [4.69, 9.17) is 5.73 Å². The van der Waals surface area contributed by atoms with Gasteiger partial charge in [0.1, 0.15) is 0 Å². The van der Waals surface area contributed by atoms with Crippen molar-refractivity contribution in [1.82, 2.24) is 4.90 Å². The second-order valence-corrected chi connectivity index (χ2v) is 6.34. The first-order valence-electron chi connectivity index (χ1n) is 6.65. The summed E-state index contributed by atoms with van der Waals surface area (Å²) in [6, 6.07) is 0. The Balaban J connectivity index is 4.56. The molecule has 0 saturated heterocycles. The summed E-state index contributed by atoms with van der Waals surface area (Å²) < 4.78 is 4.66. The van der Waals surface area contributed by atoms with Crippen LogP contribution >= 0.6 is 0 Å². The van der Waals surface area contributed by atoms with Gasteiger partial charge in [0.05, 0.1) is 18.9 Å². The van der Waals surface area contributed by atoms with Crippen molar-refractivity contribution in [2.45, 2.75) is 34.1 Å². The fourth-order valence-corrected chi connectivity index (χ4v) is 2.10. The van der Waals surface area contributed by atoms with E-state index in [1.165, 1.54) is 7.11 Å². The molecule has 0 aliphatic carbocycles. The van der Waals surface area contributed by atoms with E-state index >= 15 is 0 Å². The molecular weight excluding hydrogens is 244 g/mol. The van der Waals surface area contributed by atoms with Crippen molar-refractivity contribution < 1.29 is 14.3 Å². The fourth-order valence-electron chi connectivity index (χ4n) is 2.10. The summed E-state index contributed by atoms with van der Waals surface area (Å²) in [4.78, 5) is 25.2. The Kier molecular flexibility index (Phi) is 7.05. The molecule has 0 aromatic heterocycles. The second-order valence-electron chi connectivity index (χ2n) is 6.34. The maximum Gasteiger partial charge on any atom is 0.310 e. The molecule has 0 spiro atoms. The van der Waals surface area contributed by atoms with Gasteiger partial charge in [-0.3, -0.25) is 9.59 Å². The fraction of sp³-hybridized carbons (Fsp3) is 0.857. The summed E-state index contributed by atoms with van der Waals surface area (Å²) >= 11 is 0. The lowest BCUT2D eigenvalue weighted by Gasteiger charge is -2.29. The van der Waals surface area contributed by atoms with E-state index in [1.54, 1.807) is 18.9 Å². The summed E-state index contributed by atoms with van der Waals surface area (Å²) in [6.45, 7) is 8.68. The number of hydrogen-bond acceptors (Lipinski definition) is 4. The number of rotatable bonds is 6. The summed E-state index contributed by atoms with van der Waals surface area (Å²) in [7, 11) is 3.05. The molecule has 2 unspecified atom stereocenters. The molecule has 0 radical (unpaired) electrons. The van der Waals surface area contributed by atoms with Crippen LogP contribution in [0.3, 0.4) is 0 Å². The molecule has 0 aromatic carbocycles. The predicted octanol–water partition coefficient (Wildman–Crippen LogP) is 1.26. The van der Waals surface area contributed by atoms with Crippen LogP contribution < -0.4 is 5.73 Å². The van der Waals surface area contributed by atoms with E-state index in [0.717, 1.165) is 6.42 Å². The SMILES string of the molecule is COC(=O)C(C)CN(C)C(=O)C(CN)CC(C)(C)C. The summed E-state index contributed by atoms with van der Waals surface area (Å²) in [5.74, 6) is -0.838. The largest absolute Gasteiger partial charge is 0.469 e. The lowest BCUT2D eigenvalue weighted by atomic mass is 9.84. The Morgan fingerprint density at radius 2 is 1.84 bits per heavy atom. The summed E-state index contributed by atoms with van der Waals surface area (Å²) in [5.41, 5.74) is 5.75. The molecule has 19 heavy (non-hydrogen) atoms. The molecule has 5 heteroatoms. The first-order chi connectivity index (χ1) is 8.62. The highest BCUT2D eigenvalue weighted by molar-refractivity contribution is 5.80. The maximum atomic E-state index is 12.3. The molecule has 2 N–H and O–H groups in total. The summed E-state index contributed by atoms with van der Waals surface area (Å²) in [5, 5.41) is 0. The van der Waals surface area contributed by atoms with Gasteiger partial charge in [0, 0.05) is 20.1 Å². The minimum atomic E-state index is -0.327. The molecule has 0 rings (SSSR count). The Morgan fingerprint density at radius 3 is 2.21 bits per heavy atom. The van der Waals surface area contributed by atoms with E-state index in [2.05, 4.69) is 25.5 Å². The number of esters is 1. The van der Waals surface area contributed by atoms with Crippen LogP contribution in [0.25, 0.3) is 0 Å². The van der Waals surface area contributed by atoms with Crippen LogP contribution in [0.1, 0.15) is 34.1 Å². The zero-order chi connectivity index (χ0) is 15.2. The number of nitrogens with zero attached hydrogens (tertiary/aromatic N) is 1. The van der Waals surface area contributed by atoms with Crippen LogP contribution in [0.15, 0.2) is 0 Å². The predicted molar refractivity (Wildman–Crippen MR) is 75.4 cm³/mol. The van der Waals surface area contributed by atoms with Crippen molar-refractivity contribution in [1.29, 1.82) is 0 Å². The topological polar surface area (TPSA) is 72.6 Å². The van der Waals surface area contributed by atoms with Gasteiger partial charge >= 0.3 is 5.97 Å². The van der Waals surface area contributed by atoms with Crippen LogP contribution in [0.2, 0.25) is 0 Å². The zero-order valence-electron chi connectivity index (χ0n) is 13.0. The summed E-state index contributed by atoms with van der Waals surface area (Å²) in [6.07, 6.45) is 0.735. The highest BCUT2D eigenvalue weighted by atomic mass is 16.5. The Bertz CT molecular complexity index is 310. The molecule has 1 amide bonds. The third kappa shape index (κ3) is 6.57. The monoisotopic (exact) mass is 272 g/mol. The standard InChI is InChI=1S/C14H28N2O3/c1-10(13(18)19-6)9-16(5)12(17)11(8-15)7-14(2,3)4/h10-11H,7-9,15H2,1-6H3. The van der Waals surface area contributed by atoms with Gasteiger partial charge < -0.3 is 15.4 Å². The Hall–Kier alpha value is -1.10. The number of carbonyl (C=O) groups excluding carboxylic acids is 2. The molecule has 5 nitrogen and oxygen atoms in total. The normalized spacial score (nSPS) is 14.7. The third-order valence-corrected chi connectivity index (χ3v) is 3.02. The number of carbonyl (C=O) groups is 2. The van der Waals surface area contributed by atoms with Crippen LogP contribution in [-0.4, -0.2) is 44.0 Å². The number of ether oxygens (including phenoxy) is 1. The smallest absolute Gasteiger partial charge is 0.310 e. The number of nitrogens with two attached hydrogens (primary N) is 1. The van der Waals surface area contributed by atoms with E-state index in [0.29, 0.717) is 13.1 Å². The van der Waals surface area contributed by atoms with E-state index < -0.39 is 0 Å². The molecule has 0 aliphatic heterocycles. The molecule has 0 bridgehead atoms. The van der Waals surface area contributed by atoms with Gasteiger partial charge in [0.15, 0.2) is 0 Å². The van der Waals surface area contributed by atoms with Crippen molar-refractivity contribution in [2.75, 3.05) is 27.2 Å². The number of hydrogen-bond donors (Lipinski definition) is 1. The lowest BCUT2D eigenvalue weighted by Crippen LogP contribution is -2.41. The lowest BCUT2D eigenvalue weighted by molar-refractivity contribution is -0.146. The van der Waals surface area contributed by atoms with Gasteiger partial charge in [-0.25, -0.2) is 0 Å². The quantitative estimate of drug-likeness (QED) is 0.739. The molecule has 0 aromatic rings. The van der Waals surface area contributed by atoms with Crippen molar-refractivity contribution in [3.05, 3.63) is 0 Å². The second kappa shape index (κ2) is 7.48. The molecule has 112 valence electrons. The average Bonchev–Trinajstić information content (AvgIpc) is 2.32. The molecule has 0 fully saturated rings. The van der Waals surface area contributed by atoms with E-state index in [9.17, 15) is 9.59 Å². The minimum Gasteiger partial charge on any atom is -0.469 e. The van der Waals surface area contributed by atoms with Gasteiger partial charge in [-0.2, -0.15) is 0 Å². The van der Waals surface area contributed by atoms with Gasteiger partial charge in [-0.15, -0.1) is 0 Å². The Labute approximate surface area is 116 Å². The van der Waals surface area contributed by atoms with Crippen LogP contribution in [0.5, 0.6) is 0 Å². The molecule has 2 atom stereocenters. The number of methoxy groups -OCH3 is 1. The molecule has 0 heterocycles. The van der Waals surface area contributed by atoms with Crippen molar-refractivity contribution >= 4 is 11.9 Å². The van der Waals surface area contributed by atoms with Crippen molar-refractivity contribution in [3.8, 4) is 0 Å². The average molecular weight is 272 g/mol. The number of amides is 1. The van der Waals surface area contributed by atoms with E-state index in [-0.39, 0.29) is 29.1 Å². The van der Waals surface area contributed by atoms with Crippen molar-refractivity contribution in [2.24, 2.45) is 23.0 Å². The van der Waals surface area contributed by atoms with Gasteiger partial charge in [0.25, 0.3) is 0 Å². The first kappa shape index (κ1) is 17.9. The van der Waals surface area contributed by atoms with Crippen molar-refractivity contribution in [3.63, 3.8) is 0 Å². The third-order valence-electron chi connectivity index (χ3n) is 3.02. The Morgan fingerprint density at radius 1 is 1.32 bits per heavy atom. The minimum absolute atomic E-state index is 0.00632. The maximum absolute atomic E-state index is 12.3. The highest BCUT2D eigenvalue weighted by Gasteiger charge is 2.27. The van der Waals surface area contributed by atoms with Gasteiger partial charge in [-0.05, 0) is 11.8 Å². The molecular formula is C14H28N2O3. The van der Waals surface area contributed by atoms with Crippen LogP contribution in [0, 0.1) is 17.3 Å². The molecule has 0 saturated carbocycles. The van der Waals surface area contributed by atoms with Gasteiger partial charge in [-0.1, -0.05) is 27.7 Å².